The summed E-state index contributed by atoms with van der Waals surface area (Å²) < 4.78 is 5.47. The summed E-state index contributed by atoms with van der Waals surface area (Å²) in [6.07, 6.45) is 5.02. The summed E-state index contributed by atoms with van der Waals surface area (Å²) in [5.74, 6) is 0.733. The minimum absolute atomic E-state index is 0.0172. The third-order valence-electron chi connectivity index (χ3n) is 4.11. The molecule has 0 radical (unpaired) electrons. The molecule has 1 aliphatic rings. The second kappa shape index (κ2) is 5.72. The lowest BCUT2D eigenvalue weighted by molar-refractivity contribution is 0.0747. The van der Waals surface area contributed by atoms with Gasteiger partial charge in [-0.1, -0.05) is 18.2 Å². The Hall–Kier alpha value is -2.89. The summed E-state index contributed by atoms with van der Waals surface area (Å²) in [5.41, 5.74) is 1.37. The quantitative estimate of drug-likeness (QED) is 0.726. The van der Waals surface area contributed by atoms with Gasteiger partial charge in [-0.25, -0.2) is 9.97 Å². The number of aromatic nitrogens is 2. The monoisotopic (exact) mass is 308 g/mol. The van der Waals surface area contributed by atoms with Gasteiger partial charge in [0.25, 0.3) is 5.91 Å². The van der Waals surface area contributed by atoms with Crippen molar-refractivity contribution < 1.29 is 9.21 Å². The largest absolute Gasteiger partial charge is 0.463 e. The van der Waals surface area contributed by atoms with Crippen LogP contribution in [0, 0.1) is 0 Å². The van der Waals surface area contributed by atoms with Gasteiger partial charge in [0, 0.05) is 44.0 Å². The van der Waals surface area contributed by atoms with Crippen LogP contribution >= 0.6 is 0 Å². The van der Waals surface area contributed by atoms with E-state index < -0.39 is 0 Å². The lowest BCUT2D eigenvalue weighted by atomic mass is 10.1. The minimum atomic E-state index is 0.0172. The number of hydrogen-bond donors (Lipinski definition) is 0. The second-order valence-electron chi connectivity index (χ2n) is 5.47. The zero-order valence-corrected chi connectivity index (χ0v) is 12.6. The van der Waals surface area contributed by atoms with E-state index in [0.29, 0.717) is 24.6 Å². The van der Waals surface area contributed by atoms with Crippen LogP contribution in [0.2, 0.25) is 0 Å². The standard InChI is InChI=1S/C17H16N4O2/c22-16(14-12-23-15-5-2-1-4-13(14)15)20-8-10-21(11-9-20)17-18-6-3-7-19-17/h1-7,12H,8-11H2. The van der Waals surface area contributed by atoms with Gasteiger partial charge in [0.05, 0.1) is 5.56 Å². The molecule has 23 heavy (non-hydrogen) atoms. The predicted molar refractivity (Wildman–Crippen MR) is 86.4 cm³/mol. The van der Waals surface area contributed by atoms with Gasteiger partial charge < -0.3 is 14.2 Å². The Morgan fingerprint density at radius 1 is 1.00 bits per heavy atom. The van der Waals surface area contributed by atoms with E-state index in [0.717, 1.165) is 24.1 Å². The number of rotatable bonds is 2. The highest BCUT2D eigenvalue weighted by Gasteiger charge is 2.25. The van der Waals surface area contributed by atoms with Gasteiger partial charge in [0.1, 0.15) is 11.8 Å². The lowest BCUT2D eigenvalue weighted by Crippen LogP contribution is -2.49. The summed E-state index contributed by atoms with van der Waals surface area (Å²) in [5, 5.41) is 0.867. The molecule has 3 heterocycles. The number of hydrogen-bond acceptors (Lipinski definition) is 5. The zero-order chi connectivity index (χ0) is 15.6. The Kier molecular flexibility index (Phi) is 3.42. The first-order valence-corrected chi connectivity index (χ1v) is 7.60. The lowest BCUT2D eigenvalue weighted by Gasteiger charge is -2.34. The molecule has 1 aliphatic heterocycles. The van der Waals surface area contributed by atoms with Gasteiger partial charge in [-0.05, 0) is 12.1 Å². The smallest absolute Gasteiger partial charge is 0.257 e. The van der Waals surface area contributed by atoms with Crippen molar-refractivity contribution in [2.24, 2.45) is 0 Å². The van der Waals surface area contributed by atoms with Crippen LogP contribution < -0.4 is 4.90 Å². The van der Waals surface area contributed by atoms with E-state index in [-0.39, 0.29) is 5.91 Å². The van der Waals surface area contributed by atoms with Crippen molar-refractivity contribution in [3.63, 3.8) is 0 Å². The van der Waals surface area contributed by atoms with Gasteiger partial charge >= 0.3 is 0 Å². The zero-order valence-electron chi connectivity index (χ0n) is 12.6. The second-order valence-corrected chi connectivity index (χ2v) is 5.47. The maximum atomic E-state index is 12.7. The van der Waals surface area contributed by atoms with Gasteiger partial charge in [-0.2, -0.15) is 0 Å². The Labute approximate surface area is 133 Å². The maximum Gasteiger partial charge on any atom is 0.257 e. The number of fused-ring (bicyclic) bond motifs is 1. The molecular formula is C17H16N4O2. The Bertz CT molecular complexity index is 823. The third kappa shape index (κ3) is 2.52. The van der Waals surface area contributed by atoms with E-state index in [1.807, 2.05) is 29.2 Å². The third-order valence-corrected chi connectivity index (χ3v) is 4.11. The molecule has 6 nitrogen and oxygen atoms in total. The summed E-state index contributed by atoms with van der Waals surface area (Å²) in [7, 11) is 0. The van der Waals surface area contributed by atoms with Gasteiger partial charge in [-0.3, -0.25) is 4.79 Å². The van der Waals surface area contributed by atoms with Crippen molar-refractivity contribution in [1.82, 2.24) is 14.9 Å². The molecule has 1 fully saturated rings. The fourth-order valence-corrected chi connectivity index (χ4v) is 2.88. The van der Waals surface area contributed by atoms with Crippen LogP contribution in [-0.4, -0.2) is 47.0 Å². The number of carbonyl (C=O) groups excluding carboxylic acids is 1. The molecule has 0 saturated carbocycles. The van der Waals surface area contributed by atoms with Crippen molar-refractivity contribution in [1.29, 1.82) is 0 Å². The summed E-state index contributed by atoms with van der Waals surface area (Å²) in [6, 6.07) is 9.41. The molecule has 6 heteroatoms. The molecule has 1 amide bonds. The number of furan rings is 1. The number of amides is 1. The van der Waals surface area contributed by atoms with E-state index in [9.17, 15) is 4.79 Å². The van der Waals surface area contributed by atoms with Crippen LogP contribution in [0.3, 0.4) is 0 Å². The van der Waals surface area contributed by atoms with Crippen LogP contribution in [0.25, 0.3) is 11.0 Å². The molecule has 0 N–H and O–H groups in total. The number of para-hydroxylation sites is 1. The summed E-state index contributed by atoms with van der Waals surface area (Å²) in [4.78, 5) is 25.2. The minimum Gasteiger partial charge on any atom is -0.463 e. The number of anilines is 1. The van der Waals surface area contributed by atoms with Gasteiger partial charge in [0.2, 0.25) is 5.95 Å². The van der Waals surface area contributed by atoms with E-state index in [1.165, 1.54) is 0 Å². The molecule has 2 aromatic heterocycles. The van der Waals surface area contributed by atoms with Crippen LogP contribution in [0.15, 0.2) is 53.4 Å². The van der Waals surface area contributed by atoms with Crippen molar-refractivity contribution in [3.05, 3.63) is 54.6 Å². The SMILES string of the molecule is O=C(c1coc2ccccc12)N1CCN(c2ncccn2)CC1. The molecule has 4 rings (SSSR count). The Balaban J connectivity index is 1.49. The summed E-state index contributed by atoms with van der Waals surface area (Å²) >= 11 is 0. The highest BCUT2D eigenvalue weighted by atomic mass is 16.3. The van der Waals surface area contributed by atoms with Crippen LogP contribution in [0.5, 0.6) is 0 Å². The molecule has 1 saturated heterocycles. The Morgan fingerprint density at radius 3 is 2.52 bits per heavy atom. The maximum absolute atomic E-state index is 12.7. The van der Waals surface area contributed by atoms with E-state index in [2.05, 4.69) is 14.9 Å². The molecular weight excluding hydrogens is 292 g/mol. The van der Waals surface area contributed by atoms with E-state index in [4.69, 9.17) is 4.42 Å². The van der Waals surface area contributed by atoms with Crippen LogP contribution in [-0.2, 0) is 0 Å². The van der Waals surface area contributed by atoms with Crippen molar-refractivity contribution in [2.45, 2.75) is 0 Å². The predicted octanol–water partition coefficient (Wildman–Crippen LogP) is 2.19. The van der Waals surface area contributed by atoms with Crippen molar-refractivity contribution >= 4 is 22.8 Å². The first kappa shape index (κ1) is 13.8. The molecule has 1 aromatic carbocycles. The fraction of sp³-hybridized carbons (Fsp3) is 0.235. The number of carbonyl (C=O) groups is 1. The topological polar surface area (TPSA) is 62.5 Å². The van der Waals surface area contributed by atoms with Crippen LogP contribution in [0.1, 0.15) is 10.4 Å². The number of piperazine rings is 1. The fourth-order valence-electron chi connectivity index (χ4n) is 2.88. The van der Waals surface area contributed by atoms with Crippen LogP contribution in [0.4, 0.5) is 5.95 Å². The molecule has 3 aromatic rings. The average Bonchev–Trinajstić information content (AvgIpc) is 3.06. The molecule has 0 unspecified atom stereocenters. The van der Waals surface area contributed by atoms with Crippen molar-refractivity contribution in [2.75, 3.05) is 31.1 Å². The average molecular weight is 308 g/mol. The Morgan fingerprint density at radius 2 is 1.74 bits per heavy atom. The molecule has 0 atom stereocenters. The molecule has 0 aliphatic carbocycles. The number of benzene rings is 1. The first-order chi connectivity index (χ1) is 11.3. The normalized spacial score (nSPS) is 15.1. The highest BCUT2D eigenvalue weighted by molar-refractivity contribution is 6.05. The van der Waals surface area contributed by atoms with Gasteiger partial charge in [-0.15, -0.1) is 0 Å². The molecule has 116 valence electrons. The summed E-state index contributed by atoms with van der Waals surface area (Å²) in [6.45, 7) is 2.75. The van der Waals surface area contributed by atoms with Crippen molar-refractivity contribution in [3.8, 4) is 0 Å². The number of nitrogens with zero attached hydrogens (tertiary/aromatic N) is 4. The highest BCUT2D eigenvalue weighted by Crippen LogP contribution is 2.23. The van der Waals surface area contributed by atoms with E-state index >= 15 is 0 Å². The first-order valence-electron chi connectivity index (χ1n) is 7.60. The van der Waals surface area contributed by atoms with E-state index in [1.54, 1.807) is 24.7 Å². The molecule has 0 bridgehead atoms. The molecule has 0 spiro atoms. The van der Waals surface area contributed by atoms with Gasteiger partial charge in [0.15, 0.2) is 0 Å².